The predicted molar refractivity (Wildman–Crippen MR) is 92.2 cm³/mol. The van der Waals surface area contributed by atoms with Crippen LogP contribution < -0.4 is 0 Å². The second-order valence-electron chi connectivity index (χ2n) is 5.01. The fourth-order valence-corrected chi connectivity index (χ4v) is 3.98. The molecule has 4 rings (SSSR count). The van der Waals surface area contributed by atoms with Crippen LogP contribution in [0.15, 0.2) is 53.4 Å². The van der Waals surface area contributed by atoms with Crippen molar-refractivity contribution in [1.82, 2.24) is 19.5 Å². The molecule has 0 aliphatic rings. The molecule has 22 heavy (non-hydrogen) atoms. The molecule has 0 spiro atoms. The van der Waals surface area contributed by atoms with E-state index in [-0.39, 0.29) is 0 Å². The van der Waals surface area contributed by atoms with Crippen molar-refractivity contribution in [3.05, 3.63) is 53.8 Å². The highest BCUT2D eigenvalue weighted by Crippen LogP contribution is 2.30. The summed E-state index contributed by atoms with van der Waals surface area (Å²) in [4.78, 5) is 12.3. The number of hydrogen-bond acceptors (Lipinski definition) is 4. The van der Waals surface area contributed by atoms with E-state index < -0.39 is 0 Å². The van der Waals surface area contributed by atoms with E-state index in [1.54, 1.807) is 23.1 Å². The Balaban J connectivity index is 1.67. The summed E-state index contributed by atoms with van der Waals surface area (Å²) >= 11 is 3.40. The van der Waals surface area contributed by atoms with Crippen LogP contribution in [0.2, 0.25) is 0 Å². The number of thioether (sulfide) groups is 1. The van der Waals surface area contributed by atoms with E-state index >= 15 is 0 Å². The van der Waals surface area contributed by atoms with Gasteiger partial charge in [-0.2, -0.15) is 0 Å². The molecule has 0 fully saturated rings. The summed E-state index contributed by atoms with van der Waals surface area (Å²) in [5.41, 5.74) is 3.56. The van der Waals surface area contributed by atoms with Gasteiger partial charge in [-0.05, 0) is 11.6 Å². The first-order valence-electron chi connectivity index (χ1n) is 6.92. The highest BCUT2D eigenvalue weighted by Gasteiger charge is 2.09. The molecule has 0 atom stereocenters. The summed E-state index contributed by atoms with van der Waals surface area (Å²) < 4.78 is 2.04. The Labute approximate surface area is 136 Å². The second-order valence-corrected chi connectivity index (χ2v) is 6.85. The van der Waals surface area contributed by atoms with Crippen LogP contribution in [0.4, 0.5) is 0 Å². The number of aryl methyl sites for hydroxylation is 1. The van der Waals surface area contributed by atoms with E-state index in [0.29, 0.717) is 0 Å². The molecule has 110 valence electrons. The van der Waals surface area contributed by atoms with Gasteiger partial charge in [-0.3, -0.25) is 0 Å². The van der Waals surface area contributed by atoms with Gasteiger partial charge in [0.1, 0.15) is 5.01 Å². The summed E-state index contributed by atoms with van der Waals surface area (Å²) in [7, 11) is 2.02. The van der Waals surface area contributed by atoms with Crippen LogP contribution in [0.5, 0.6) is 0 Å². The molecule has 1 aromatic carbocycles. The lowest BCUT2D eigenvalue weighted by Gasteiger charge is -2.03. The first-order chi connectivity index (χ1) is 10.8. The van der Waals surface area contributed by atoms with Crippen molar-refractivity contribution in [2.75, 3.05) is 0 Å². The average Bonchev–Trinajstić information content (AvgIpc) is 3.25. The standard InChI is InChI=1S/C16H14N4S2/c1-20-7-5-18-16(20)22-10-12-4-2-3-11-9-13(19-14(11)12)15-17-6-8-21-15/h2-9,19H,10H2,1H3. The minimum atomic E-state index is 0.889. The first kappa shape index (κ1) is 13.6. The number of benzene rings is 1. The van der Waals surface area contributed by atoms with Crippen molar-refractivity contribution < 1.29 is 0 Å². The maximum Gasteiger partial charge on any atom is 0.167 e. The molecule has 6 heteroatoms. The molecule has 0 unspecified atom stereocenters. The van der Waals surface area contributed by atoms with Gasteiger partial charge < -0.3 is 9.55 Å². The van der Waals surface area contributed by atoms with Crippen LogP contribution in [0.3, 0.4) is 0 Å². The Hall–Kier alpha value is -2.05. The minimum Gasteiger partial charge on any atom is -0.352 e. The van der Waals surface area contributed by atoms with Gasteiger partial charge in [0, 0.05) is 42.2 Å². The molecule has 0 saturated carbocycles. The number of rotatable bonds is 4. The van der Waals surface area contributed by atoms with Crippen molar-refractivity contribution in [1.29, 1.82) is 0 Å². The van der Waals surface area contributed by atoms with E-state index in [9.17, 15) is 0 Å². The second kappa shape index (κ2) is 5.62. The zero-order valence-electron chi connectivity index (χ0n) is 12.0. The third kappa shape index (κ3) is 2.44. The Morgan fingerprint density at radius 1 is 1.27 bits per heavy atom. The first-order valence-corrected chi connectivity index (χ1v) is 8.78. The zero-order valence-corrected chi connectivity index (χ0v) is 13.6. The number of para-hydroxylation sites is 1. The zero-order chi connectivity index (χ0) is 14.9. The molecule has 3 heterocycles. The average molecular weight is 326 g/mol. The van der Waals surface area contributed by atoms with E-state index in [2.05, 4.69) is 39.2 Å². The maximum atomic E-state index is 4.38. The molecule has 1 N–H and O–H groups in total. The number of nitrogens with zero attached hydrogens (tertiary/aromatic N) is 3. The van der Waals surface area contributed by atoms with Crippen LogP contribution in [0.1, 0.15) is 5.56 Å². The summed E-state index contributed by atoms with van der Waals surface area (Å²) in [6.45, 7) is 0. The van der Waals surface area contributed by atoms with Crippen molar-refractivity contribution in [3.8, 4) is 10.7 Å². The van der Waals surface area contributed by atoms with Crippen LogP contribution in [-0.2, 0) is 12.8 Å². The van der Waals surface area contributed by atoms with Crippen molar-refractivity contribution in [3.63, 3.8) is 0 Å². The summed E-state index contributed by atoms with van der Waals surface area (Å²) in [6, 6.07) is 8.58. The molecular weight excluding hydrogens is 312 g/mol. The van der Waals surface area contributed by atoms with E-state index in [0.717, 1.165) is 21.6 Å². The Bertz CT molecular complexity index is 905. The lowest BCUT2D eigenvalue weighted by atomic mass is 10.2. The van der Waals surface area contributed by atoms with Crippen LogP contribution in [0.25, 0.3) is 21.6 Å². The van der Waals surface area contributed by atoms with Crippen molar-refractivity contribution in [2.45, 2.75) is 10.9 Å². The van der Waals surface area contributed by atoms with E-state index in [1.807, 2.05) is 35.6 Å². The number of fused-ring (bicyclic) bond motifs is 1. The molecule has 0 amide bonds. The SMILES string of the molecule is Cn1ccnc1SCc1cccc2cc(-c3nccs3)[nH]c12. The molecule has 3 aromatic heterocycles. The lowest BCUT2D eigenvalue weighted by molar-refractivity contribution is 0.790. The highest BCUT2D eigenvalue weighted by molar-refractivity contribution is 7.98. The molecule has 0 aliphatic carbocycles. The maximum absolute atomic E-state index is 4.38. The predicted octanol–water partition coefficient (Wildman–Crippen LogP) is 4.32. The molecular formula is C16H14N4S2. The van der Waals surface area contributed by atoms with Gasteiger partial charge in [-0.1, -0.05) is 30.0 Å². The smallest absolute Gasteiger partial charge is 0.167 e. The summed E-state index contributed by atoms with van der Waals surface area (Å²) in [5, 5.41) is 5.28. The number of imidazole rings is 1. The number of nitrogens with one attached hydrogen (secondary N) is 1. The van der Waals surface area contributed by atoms with Gasteiger partial charge in [-0.15, -0.1) is 11.3 Å². The Morgan fingerprint density at radius 3 is 3.00 bits per heavy atom. The minimum absolute atomic E-state index is 0.889. The molecule has 0 radical (unpaired) electrons. The van der Waals surface area contributed by atoms with Crippen LogP contribution in [-0.4, -0.2) is 19.5 Å². The van der Waals surface area contributed by atoms with Crippen molar-refractivity contribution >= 4 is 34.0 Å². The monoisotopic (exact) mass is 326 g/mol. The fourth-order valence-electron chi connectivity index (χ4n) is 2.44. The number of hydrogen-bond donors (Lipinski definition) is 1. The van der Waals surface area contributed by atoms with Gasteiger partial charge in [-0.25, -0.2) is 9.97 Å². The van der Waals surface area contributed by atoms with Crippen LogP contribution in [0, 0.1) is 0 Å². The third-order valence-electron chi connectivity index (χ3n) is 3.54. The Kier molecular flexibility index (Phi) is 3.48. The topological polar surface area (TPSA) is 46.5 Å². The largest absolute Gasteiger partial charge is 0.352 e. The highest BCUT2D eigenvalue weighted by atomic mass is 32.2. The molecule has 0 saturated heterocycles. The molecule has 4 nitrogen and oxygen atoms in total. The van der Waals surface area contributed by atoms with E-state index in [1.165, 1.54) is 16.5 Å². The number of aromatic amines is 1. The van der Waals surface area contributed by atoms with E-state index in [4.69, 9.17) is 0 Å². The van der Waals surface area contributed by atoms with Gasteiger partial charge in [0.2, 0.25) is 0 Å². The quantitative estimate of drug-likeness (QED) is 0.568. The normalized spacial score (nSPS) is 11.3. The Morgan fingerprint density at radius 2 is 2.23 bits per heavy atom. The summed E-state index contributed by atoms with van der Waals surface area (Å²) in [6.07, 6.45) is 5.64. The van der Waals surface area contributed by atoms with Gasteiger partial charge in [0.15, 0.2) is 5.16 Å². The molecule has 0 aliphatic heterocycles. The molecule has 4 aromatic rings. The number of aromatic nitrogens is 4. The number of H-pyrrole nitrogens is 1. The molecule has 0 bridgehead atoms. The summed E-state index contributed by atoms with van der Waals surface area (Å²) in [5.74, 6) is 0.889. The number of thiazole rings is 1. The van der Waals surface area contributed by atoms with Gasteiger partial charge in [0.05, 0.1) is 11.2 Å². The fraction of sp³-hybridized carbons (Fsp3) is 0.125. The van der Waals surface area contributed by atoms with Crippen LogP contribution >= 0.6 is 23.1 Å². The van der Waals surface area contributed by atoms with Gasteiger partial charge in [0.25, 0.3) is 0 Å². The van der Waals surface area contributed by atoms with Crippen molar-refractivity contribution in [2.24, 2.45) is 7.05 Å². The lowest BCUT2D eigenvalue weighted by Crippen LogP contribution is -1.90. The van der Waals surface area contributed by atoms with Gasteiger partial charge >= 0.3 is 0 Å². The third-order valence-corrected chi connectivity index (χ3v) is 5.45.